The molecule has 5 heteroatoms. The van der Waals surface area contributed by atoms with Crippen molar-refractivity contribution in [2.24, 2.45) is 0 Å². The molecule has 5 nitrogen and oxygen atoms in total. The van der Waals surface area contributed by atoms with Gasteiger partial charge < -0.3 is 4.90 Å². The zero-order valence-electron chi connectivity index (χ0n) is 8.92. The number of amides is 1. The summed E-state index contributed by atoms with van der Waals surface area (Å²) in [7, 11) is 0. The Morgan fingerprint density at radius 2 is 2.00 bits per heavy atom. The van der Waals surface area contributed by atoms with Crippen LogP contribution in [0.5, 0.6) is 0 Å². The number of hydrogen-bond acceptors (Lipinski definition) is 3. The lowest BCUT2D eigenvalue weighted by atomic mass is 10.2. The van der Waals surface area contributed by atoms with Crippen LogP contribution in [0.4, 0.5) is 11.4 Å². The summed E-state index contributed by atoms with van der Waals surface area (Å²) in [6, 6.07) is 6.27. The molecule has 2 rings (SSSR count). The molecule has 1 saturated heterocycles. The second-order valence-corrected chi connectivity index (χ2v) is 3.92. The maximum Gasteiger partial charge on any atom is 0.269 e. The van der Waals surface area contributed by atoms with E-state index in [2.05, 4.69) is 0 Å². The van der Waals surface area contributed by atoms with Crippen LogP contribution in [0.15, 0.2) is 24.3 Å². The van der Waals surface area contributed by atoms with E-state index in [0.29, 0.717) is 6.42 Å². The molecule has 1 aromatic rings. The molecule has 1 aliphatic heterocycles. The summed E-state index contributed by atoms with van der Waals surface area (Å²) in [5.74, 6) is 0.0846. The first kappa shape index (κ1) is 10.6. The van der Waals surface area contributed by atoms with Crippen molar-refractivity contribution in [3.8, 4) is 0 Å². The first-order valence-corrected chi connectivity index (χ1v) is 5.16. The lowest BCUT2D eigenvalue weighted by Crippen LogP contribution is -2.30. The van der Waals surface area contributed by atoms with Gasteiger partial charge in [-0.2, -0.15) is 0 Å². The van der Waals surface area contributed by atoms with Crippen molar-refractivity contribution in [3.63, 3.8) is 0 Å². The zero-order valence-corrected chi connectivity index (χ0v) is 8.92. The van der Waals surface area contributed by atoms with E-state index in [1.54, 1.807) is 17.0 Å². The van der Waals surface area contributed by atoms with Crippen LogP contribution >= 0.6 is 0 Å². The van der Waals surface area contributed by atoms with Gasteiger partial charge in [0.05, 0.1) is 4.92 Å². The Morgan fingerprint density at radius 3 is 2.44 bits per heavy atom. The van der Waals surface area contributed by atoms with Gasteiger partial charge in [0.2, 0.25) is 5.91 Å². The number of nitro benzene ring substituents is 1. The maximum absolute atomic E-state index is 11.6. The van der Waals surface area contributed by atoms with Gasteiger partial charge in [-0.05, 0) is 25.5 Å². The number of benzene rings is 1. The third kappa shape index (κ3) is 1.76. The minimum Gasteiger partial charge on any atom is -0.310 e. The van der Waals surface area contributed by atoms with Gasteiger partial charge in [0.1, 0.15) is 0 Å². The Morgan fingerprint density at radius 1 is 1.38 bits per heavy atom. The van der Waals surface area contributed by atoms with Gasteiger partial charge in [0.25, 0.3) is 5.69 Å². The molecule has 84 valence electrons. The van der Waals surface area contributed by atoms with Crippen LogP contribution in [-0.4, -0.2) is 16.9 Å². The molecule has 0 aliphatic carbocycles. The number of carbonyl (C=O) groups is 1. The van der Waals surface area contributed by atoms with E-state index < -0.39 is 4.92 Å². The highest BCUT2D eigenvalue weighted by Gasteiger charge is 2.28. The molecule has 0 N–H and O–H groups in total. The quantitative estimate of drug-likeness (QED) is 0.566. The molecule has 1 heterocycles. The number of carbonyl (C=O) groups excluding carboxylic acids is 1. The van der Waals surface area contributed by atoms with Gasteiger partial charge in [-0.3, -0.25) is 14.9 Å². The number of non-ortho nitro benzene ring substituents is 1. The SMILES string of the molecule is C[C@@H]1CCC(=O)N1c1ccc([N+](=O)[O-])cc1. The average molecular weight is 220 g/mol. The molecular weight excluding hydrogens is 208 g/mol. The lowest BCUT2D eigenvalue weighted by Gasteiger charge is -2.21. The lowest BCUT2D eigenvalue weighted by molar-refractivity contribution is -0.384. The number of anilines is 1. The Labute approximate surface area is 92.8 Å². The number of nitrogens with zero attached hydrogens (tertiary/aromatic N) is 2. The first-order valence-electron chi connectivity index (χ1n) is 5.16. The molecule has 0 radical (unpaired) electrons. The van der Waals surface area contributed by atoms with Gasteiger partial charge in [0, 0.05) is 30.3 Å². The summed E-state index contributed by atoms with van der Waals surface area (Å²) in [5.41, 5.74) is 0.781. The molecule has 0 saturated carbocycles. The number of nitro groups is 1. The second-order valence-electron chi connectivity index (χ2n) is 3.92. The molecule has 1 atom stereocenters. The predicted octanol–water partition coefficient (Wildman–Crippen LogP) is 2.11. The fraction of sp³-hybridized carbons (Fsp3) is 0.364. The van der Waals surface area contributed by atoms with Crippen molar-refractivity contribution >= 4 is 17.3 Å². The smallest absolute Gasteiger partial charge is 0.269 e. The number of rotatable bonds is 2. The summed E-state index contributed by atoms with van der Waals surface area (Å²) in [5, 5.41) is 10.5. The van der Waals surface area contributed by atoms with Crippen molar-refractivity contribution in [2.75, 3.05) is 4.90 Å². The van der Waals surface area contributed by atoms with Crippen molar-refractivity contribution in [2.45, 2.75) is 25.8 Å². The molecule has 1 amide bonds. The van der Waals surface area contributed by atoms with Crippen LogP contribution in [0.3, 0.4) is 0 Å². The Hall–Kier alpha value is -1.91. The average Bonchev–Trinajstić information content (AvgIpc) is 2.59. The van der Waals surface area contributed by atoms with Crippen LogP contribution in [0.1, 0.15) is 19.8 Å². The predicted molar refractivity (Wildman–Crippen MR) is 59.3 cm³/mol. The second kappa shape index (κ2) is 3.92. The Balaban J connectivity index is 2.27. The van der Waals surface area contributed by atoms with E-state index in [0.717, 1.165) is 12.1 Å². The van der Waals surface area contributed by atoms with Crippen molar-refractivity contribution in [1.29, 1.82) is 0 Å². The highest BCUT2D eigenvalue weighted by atomic mass is 16.6. The third-order valence-electron chi connectivity index (χ3n) is 2.82. The third-order valence-corrected chi connectivity index (χ3v) is 2.82. The summed E-state index contributed by atoms with van der Waals surface area (Å²) < 4.78 is 0. The normalized spacial score (nSPS) is 20.2. The van der Waals surface area contributed by atoms with Gasteiger partial charge in [-0.1, -0.05) is 0 Å². The van der Waals surface area contributed by atoms with Crippen molar-refractivity contribution in [1.82, 2.24) is 0 Å². The standard InChI is InChI=1S/C11H12N2O3/c1-8-2-7-11(14)12(8)9-3-5-10(6-4-9)13(15)16/h3-6,8H,2,7H2,1H3/t8-/m1/s1. The summed E-state index contributed by atoms with van der Waals surface area (Å²) in [6.07, 6.45) is 1.40. The first-order chi connectivity index (χ1) is 7.59. The van der Waals surface area contributed by atoms with Crippen LogP contribution in [0.25, 0.3) is 0 Å². The monoisotopic (exact) mass is 220 g/mol. The molecule has 0 spiro atoms. The van der Waals surface area contributed by atoms with E-state index >= 15 is 0 Å². The Kier molecular flexibility index (Phi) is 2.60. The molecular formula is C11H12N2O3. The van der Waals surface area contributed by atoms with Gasteiger partial charge in [0.15, 0.2) is 0 Å². The summed E-state index contributed by atoms with van der Waals surface area (Å²) in [6.45, 7) is 1.98. The number of hydrogen-bond donors (Lipinski definition) is 0. The van der Waals surface area contributed by atoms with E-state index in [9.17, 15) is 14.9 Å². The molecule has 1 aliphatic rings. The van der Waals surface area contributed by atoms with Crippen LogP contribution in [-0.2, 0) is 4.79 Å². The van der Waals surface area contributed by atoms with Crippen molar-refractivity contribution < 1.29 is 9.72 Å². The van der Waals surface area contributed by atoms with Crippen LogP contribution in [0, 0.1) is 10.1 Å². The van der Waals surface area contributed by atoms with Crippen molar-refractivity contribution in [3.05, 3.63) is 34.4 Å². The van der Waals surface area contributed by atoms with Gasteiger partial charge in [-0.25, -0.2) is 0 Å². The summed E-state index contributed by atoms with van der Waals surface area (Å²) >= 11 is 0. The topological polar surface area (TPSA) is 63.5 Å². The van der Waals surface area contributed by atoms with E-state index in [1.807, 2.05) is 6.92 Å². The maximum atomic E-state index is 11.6. The van der Waals surface area contributed by atoms with Gasteiger partial charge >= 0.3 is 0 Å². The van der Waals surface area contributed by atoms with Crippen LogP contribution in [0.2, 0.25) is 0 Å². The molecule has 1 fully saturated rings. The fourth-order valence-electron chi connectivity index (χ4n) is 1.96. The largest absolute Gasteiger partial charge is 0.310 e. The molecule has 0 bridgehead atoms. The van der Waals surface area contributed by atoms with E-state index in [-0.39, 0.29) is 17.6 Å². The van der Waals surface area contributed by atoms with Gasteiger partial charge in [-0.15, -0.1) is 0 Å². The van der Waals surface area contributed by atoms with E-state index in [4.69, 9.17) is 0 Å². The fourth-order valence-corrected chi connectivity index (χ4v) is 1.96. The minimum absolute atomic E-state index is 0.0445. The molecule has 0 unspecified atom stereocenters. The summed E-state index contributed by atoms with van der Waals surface area (Å²) in [4.78, 5) is 23.3. The molecule has 16 heavy (non-hydrogen) atoms. The molecule has 1 aromatic carbocycles. The highest BCUT2D eigenvalue weighted by molar-refractivity contribution is 5.96. The Bertz CT molecular complexity index is 427. The van der Waals surface area contributed by atoms with E-state index in [1.165, 1.54) is 12.1 Å². The molecule has 0 aromatic heterocycles. The zero-order chi connectivity index (χ0) is 11.7. The minimum atomic E-state index is -0.445. The van der Waals surface area contributed by atoms with Crippen LogP contribution < -0.4 is 4.90 Å². The highest BCUT2D eigenvalue weighted by Crippen LogP contribution is 2.27.